The van der Waals surface area contributed by atoms with Gasteiger partial charge in [-0.15, -0.1) is 11.3 Å². The Morgan fingerprint density at radius 2 is 1.77 bits per heavy atom. The number of piperidine rings is 1. The number of aromatic nitrogens is 1. The van der Waals surface area contributed by atoms with Gasteiger partial charge in [-0.2, -0.15) is 0 Å². The molecule has 12 heteroatoms. The van der Waals surface area contributed by atoms with Crippen molar-refractivity contribution >= 4 is 37.4 Å². The minimum absolute atomic E-state index is 0.0249. The molecule has 10 nitrogen and oxygen atoms in total. The number of unbranched alkanes of at least 4 members (excludes halogenated alkanes) is 3. The minimum atomic E-state index is -1.91. The van der Waals surface area contributed by atoms with Gasteiger partial charge in [0.1, 0.15) is 17.2 Å². The number of hydrogen-bond donors (Lipinski definition) is 1. The lowest BCUT2D eigenvalue weighted by Gasteiger charge is -2.41. The van der Waals surface area contributed by atoms with Crippen LogP contribution in [0.25, 0.3) is 0 Å². The van der Waals surface area contributed by atoms with Crippen LogP contribution in [0.5, 0.6) is 0 Å². The summed E-state index contributed by atoms with van der Waals surface area (Å²) < 4.78 is 18.0. The maximum absolute atomic E-state index is 14.9. The largest absolute Gasteiger partial charge is 0.461 e. The van der Waals surface area contributed by atoms with E-state index >= 15 is 0 Å². The first-order valence-corrected chi connectivity index (χ1v) is 24.0. The number of nitrogens with one attached hydrogen (secondary N) is 1. The normalized spacial score (nSPS) is 18.1. The summed E-state index contributed by atoms with van der Waals surface area (Å²) in [5, 5.41) is 5.87. The molecule has 2 rings (SSSR count). The van der Waals surface area contributed by atoms with Crippen molar-refractivity contribution in [2.75, 3.05) is 39.5 Å². The monoisotopic (exact) mass is 767 g/mol. The SMILES string of the molecule is CCCCCCN(C(=O)[C@@H](NC(=O)[C@H]1CCCCN1CCO[Si](C)(C)C(C)(C)C)[C@@H](C)CC)[C@H](C[C@@H](OCC)c1nc(C(=O)OCC)cs1)C(C)C. The number of ether oxygens (including phenoxy) is 2. The molecule has 0 bridgehead atoms. The molecule has 1 fully saturated rings. The second-order valence-electron chi connectivity index (χ2n) is 16.4. The van der Waals surface area contributed by atoms with E-state index in [1.807, 2.05) is 11.8 Å². The Morgan fingerprint density at radius 3 is 2.37 bits per heavy atom. The van der Waals surface area contributed by atoms with Crippen LogP contribution >= 0.6 is 11.3 Å². The van der Waals surface area contributed by atoms with Crippen molar-refractivity contribution in [3.63, 3.8) is 0 Å². The van der Waals surface area contributed by atoms with Crippen LogP contribution in [0.4, 0.5) is 0 Å². The smallest absolute Gasteiger partial charge is 0.357 e. The third-order valence-corrected chi connectivity index (χ3v) is 16.6. The number of carbonyl (C=O) groups is 3. The standard InChI is InChI=1S/C40H74N4O6SSi/c1-13-17-18-20-24-44(33(29(5)6)27-34(48-15-3)37-41-31(28-51-37)39(47)49-16-4)38(46)35(30(7)14-2)42-36(45)32-22-19-21-23-43(32)25-26-50-52(11,12)40(8,9)10/h28-30,32-35H,13-27H2,1-12H3,(H,42,45)/t30-,32+,33+,34+,35-/m0/s1. The van der Waals surface area contributed by atoms with Crippen molar-refractivity contribution in [3.8, 4) is 0 Å². The first-order chi connectivity index (χ1) is 24.5. The van der Waals surface area contributed by atoms with Gasteiger partial charge in [0.15, 0.2) is 14.0 Å². The summed E-state index contributed by atoms with van der Waals surface area (Å²) in [5.74, 6) is -0.455. The molecular formula is C40H74N4O6SSi. The van der Waals surface area contributed by atoms with Gasteiger partial charge in [-0.25, -0.2) is 9.78 Å². The highest BCUT2D eigenvalue weighted by Crippen LogP contribution is 2.36. The van der Waals surface area contributed by atoms with E-state index < -0.39 is 26.4 Å². The third kappa shape index (κ3) is 13.8. The molecule has 1 aliphatic heterocycles. The number of thiazole rings is 1. The van der Waals surface area contributed by atoms with Crippen molar-refractivity contribution in [1.82, 2.24) is 20.1 Å². The molecule has 1 N–H and O–H groups in total. The molecule has 0 radical (unpaired) electrons. The van der Waals surface area contributed by atoms with Gasteiger partial charge < -0.3 is 24.1 Å². The Kier molecular flexibility index (Phi) is 20.0. The molecule has 52 heavy (non-hydrogen) atoms. The first-order valence-electron chi connectivity index (χ1n) is 20.3. The average Bonchev–Trinajstić information content (AvgIpc) is 3.59. The topological polar surface area (TPSA) is 110 Å². The van der Waals surface area contributed by atoms with Gasteiger partial charge in [-0.05, 0) is 69.6 Å². The second-order valence-corrected chi connectivity index (χ2v) is 22.1. The highest BCUT2D eigenvalue weighted by molar-refractivity contribution is 7.09. The van der Waals surface area contributed by atoms with Crippen LogP contribution in [-0.2, 0) is 23.5 Å². The Labute approximate surface area is 321 Å². The van der Waals surface area contributed by atoms with Crippen molar-refractivity contribution in [2.24, 2.45) is 11.8 Å². The summed E-state index contributed by atoms with van der Waals surface area (Å²) in [5.41, 5.74) is 0.281. The van der Waals surface area contributed by atoms with Crippen LogP contribution < -0.4 is 5.32 Å². The van der Waals surface area contributed by atoms with Crippen molar-refractivity contribution in [3.05, 3.63) is 16.1 Å². The van der Waals surface area contributed by atoms with E-state index in [0.29, 0.717) is 37.7 Å². The lowest BCUT2D eigenvalue weighted by molar-refractivity contribution is -0.143. The Bertz CT molecular complexity index is 1220. The lowest BCUT2D eigenvalue weighted by atomic mass is 9.91. The van der Waals surface area contributed by atoms with E-state index in [1.165, 1.54) is 11.3 Å². The van der Waals surface area contributed by atoms with Crippen LogP contribution in [0.2, 0.25) is 18.1 Å². The number of amides is 2. The Hall–Kier alpha value is -1.86. The summed E-state index contributed by atoms with van der Waals surface area (Å²) in [7, 11) is -1.91. The molecule has 0 spiro atoms. The molecule has 1 saturated heterocycles. The van der Waals surface area contributed by atoms with Crippen molar-refractivity contribution in [1.29, 1.82) is 0 Å². The zero-order valence-electron chi connectivity index (χ0n) is 34.8. The minimum Gasteiger partial charge on any atom is -0.461 e. The number of rotatable bonds is 23. The lowest BCUT2D eigenvalue weighted by Crippen LogP contribution is -2.59. The van der Waals surface area contributed by atoms with Crippen LogP contribution in [0.1, 0.15) is 149 Å². The fraction of sp³-hybridized carbons (Fsp3) is 0.850. The molecule has 0 unspecified atom stereocenters. The quantitative estimate of drug-likeness (QED) is 0.0670. The van der Waals surface area contributed by atoms with Gasteiger partial charge in [0.05, 0.1) is 12.6 Å². The molecule has 2 amide bonds. The molecule has 0 saturated carbocycles. The zero-order valence-corrected chi connectivity index (χ0v) is 36.7. The molecule has 300 valence electrons. The van der Waals surface area contributed by atoms with E-state index in [4.69, 9.17) is 13.9 Å². The van der Waals surface area contributed by atoms with Gasteiger partial charge in [0.25, 0.3) is 0 Å². The van der Waals surface area contributed by atoms with Crippen LogP contribution in [0.3, 0.4) is 0 Å². The summed E-state index contributed by atoms with van der Waals surface area (Å²) in [6, 6.07) is -1.09. The number of nitrogens with zero attached hydrogens (tertiary/aromatic N) is 3. The zero-order chi connectivity index (χ0) is 39.1. The number of hydrogen-bond acceptors (Lipinski definition) is 9. The highest BCUT2D eigenvalue weighted by Gasteiger charge is 2.40. The van der Waals surface area contributed by atoms with Gasteiger partial charge in [0, 0.05) is 44.1 Å². The van der Waals surface area contributed by atoms with Gasteiger partial charge in [0.2, 0.25) is 11.8 Å². The molecule has 1 aliphatic rings. The number of likely N-dealkylation sites (tertiary alicyclic amines) is 1. The number of esters is 1. The van der Waals surface area contributed by atoms with Crippen LogP contribution in [0, 0.1) is 11.8 Å². The van der Waals surface area contributed by atoms with Gasteiger partial charge in [-0.1, -0.05) is 87.5 Å². The Balaban J connectivity index is 2.38. The predicted octanol–water partition coefficient (Wildman–Crippen LogP) is 8.63. The van der Waals surface area contributed by atoms with E-state index in [2.05, 4.69) is 83.7 Å². The van der Waals surface area contributed by atoms with E-state index in [-0.39, 0.29) is 53.1 Å². The molecule has 1 aromatic heterocycles. The first kappa shape index (κ1) is 46.3. The summed E-state index contributed by atoms with van der Waals surface area (Å²) in [6.45, 7) is 29.2. The van der Waals surface area contributed by atoms with Crippen LogP contribution in [-0.4, -0.2) is 98.5 Å². The summed E-state index contributed by atoms with van der Waals surface area (Å²) >= 11 is 1.39. The fourth-order valence-electron chi connectivity index (χ4n) is 6.60. The number of carbonyl (C=O) groups excluding carboxylic acids is 3. The molecule has 0 aliphatic carbocycles. The van der Waals surface area contributed by atoms with Gasteiger partial charge >= 0.3 is 5.97 Å². The predicted molar refractivity (Wildman–Crippen MR) is 215 cm³/mol. The summed E-state index contributed by atoms with van der Waals surface area (Å²) in [6.07, 6.45) is 7.86. The highest BCUT2D eigenvalue weighted by atomic mass is 32.1. The third-order valence-electron chi connectivity index (χ3n) is 11.2. The maximum atomic E-state index is 14.9. The van der Waals surface area contributed by atoms with Crippen molar-refractivity contribution in [2.45, 2.75) is 169 Å². The summed E-state index contributed by atoms with van der Waals surface area (Å²) in [4.78, 5) is 50.5. The van der Waals surface area contributed by atoms with Crippen molar-refractivity contribution < 1.29 is 28.3 Å². The average molecular weight is 767 g/mol. The molecule has 2 heterocycles. The van der Waals surface area contributed by atoms with Crippen LogP contribution in [0.15, 0.2) is 5.38 Å². The molecular weight excluding hydrogens is 693 g/mol. The second kappa shape index (κ2) is 22.5. The molecule has 5 atom stereocenters. The van der Waals surface area contributed by atoms with E-state index in [9.17, 15) is 14.4 Å². The maximum Gasteiger partial charge on any atom is 0.357 e. The Morgan fingerprint density at radius 1 is 1.06 bits per heavy atom. The van der Waals surface area contributed by atoms with E-state index in [1.54, 1.807) is 12.3 Å². The molecule has 1 aromatic rings. The molecule has 0 aromatic carbocycles. The van der Waals surface area contributed by atoms with E-state index in [0.717, 1.165) is 57.9 Å². The van der Waals surface area contributed by atoms with Gasteiger partial charge in [-0.3, -0.25) is 14.5 Å². The fourth-order valence-corrected chi connectivity index (χ4v) is 8.49.